The zero-order valence-corrected chi connectivity index (χ0v) is 14.8. The first-order valence-electron chi connectivity index (χ1n) is 8.26. The Bertz CT molecular complexity index is 748. The number of rotatable bonds is 2. The van der Waals surface area contributed by atoms with Crippen LogP contribution in [0.5, 0.6) is 0 Å². The Hall–Kier alpha value is -1.77. The van der Waals surface area contributed by atoms with Gasteiger partial charge in [-0.05, 0) is 20.4 Å². The predicted octanol–water partition coefficient (Wildman–Crippen LogP) is 1.40. The van der Waals surface area contributed by atoms with Crippen LogP contribution in [0.3, 0.4) is 0 Å². The summed E-state index contributed by atoms with van der Waals surface area (Å²) in [5.74, 6) is 1.79. The maximum absolute atomic E-state index is 5.80. The first kappa shape index (κ1) is 15.7. The van der Waals surface area contributed by atoms with Crippen LogP contribution in [-0.4, -0.2) is 59.2 Å². The summed E-state index contributed by atoms with van der Waals surface area (Å²) in [6, 6.07) is 0.316. The van der Waals surface area contributed by atoms with Crippen molar-refractivity contribution in [2.24, 2.45) is 0 Å². The molecule has 2 aromatic heterocycles. The lowest BCUT2D eigenvalue weighted by Gasteiger charge is -2.37. The number of hydrogen-bond acceptors (Lipinski definition) is 8. The van der Waals surface area contributed by atoms with E-state index in [0.29, 0.717) is 11.2 Å². The van der Waals surface area contributed by atoms with Crippen LogP contribution in [-0.2, 0) is 17.7 Å². The van der Waals surface area contributed by atoms with Gasteiger partial charge in [0, 0.05) is 25.2 Å². The van der Waals surface area contributed by atoms with Gasteiger partial charge in [0.05, 0.1) is 36.0 Å². The Labute approximate surface area is 145 Å². The zero-order chi connectivity index (χ0) is 16.7. The lowest BCUT2D eigenvalue weighted by atomic mass is 10.0. The molecule has 0 spiro atoms. The summed E-state index contributed by atoms with van der Waals surface area (Å²) >= 11 is 1.43. The fourth-order valence-corrected chi connectivity index (χ4v) is 3.94. The van der Waals surface area contributed by atoms with E-state index in [1.165, 1.54) is 16.9 Å². The third kappa shape index (κ3) is 2.85. The first-order valence-corrected chi connectivity index (χ1v) is 9.08. The molecule has 0 saturated carbocycles. The molecule has 24 heavy (non-hydrogen) atoms. The van der Waals surface area contributed by atoms with E-state index in [0.717, 1.165) is 61.5 Å². The van der Waals surface area contributed by atoms with Crippen LogP contribution in [0.15, 0.2) is 6.20 Å². The number of hydrogen-bond donors (Lipinski definition) is 1. The maximum atomic E-state index is 5.80. The third-order valence-corrected chi connectivity index (χ3v) is 5.44. The van der Waals surface area contributed by atoms with E-state index in [-0.39, 0.29) is 0 Å². The fraction of sp³-hybridized carbons (Fsp3) is 0.562. The molecule has 0 unspecified atom stereocenters. The number of nitrogens with two attached hydrogens (primary N) is 1. The monoisotopic (exact) mass is 346 g/mol. The van der Waals surface area contributed by atoms with Crippen molar-refractivity contribution in [2.75, 3.05) is 44.0 Å². The largest absolute Gasteiger partial charge is 0.377 e. The summed E-state index contributed by atoms with van der Waals surface area (Å²) in [7, 11) is 2.13. The summed E-state index contributed by atoms with van der Waals surface area (Å²) in [5.41, 5.74) is 8.20. The van der Waals surface area contributed by atoms with E-state index in [1.807, 2.05) is 0 Å². The van der Waals surface area contributed by atoms with Gasteiger partial charge in [0.25, 0.3) is 0 Å². The number of thiazole rings is 1. The van der Waals surface area contributed by atoms with Crippen molar-refractivity contribution in [2.45, 2.75) is 25.9 Å². The number of morpholine rings is 1. The van der Waals surface area contributed by atoms with Gasteiger partial charge in [-0.15, -0.1) is 0 Å². The highest BCUT2D eigenvalue weighted by atomic mass is 32.1. The molecule has 4 heterocycles. The van der Waals surface area contributed by atoms with Gasteiger partial charge >= 0.3 is 0 Å². The van der Waals surface area contributed by atoms with Crippen molar-refractivity contribution >= 4 is 22.3 Å². The number of anilines is 2. The molecule has 0 aromatic carbocycles. The minimum Gasteiger partial charge on any atom is -0.377 e. The zero-order valence-electron chi connectivity index (χ0n) is 14.0. The topological polar surface area (TPSA) is 80.4 Å². The second kappa shape index (κ2) is 6.27. The number of likely N-dealkylation sites (N-methyl/N-ethyl adjacent to an activating group) is 1. The Kier molecular flexibility index (Phi) is 4.11. The molecule has 0 amide bonds. The number of ether oxygens (including phenoxy) is 1. The van der Waals surface area contributed by atoms with Gasteiger partial charge in [-0.3, -0.25) is 0 Å². The van der Waals surface area contributed by atoms with Gasteiger partial charge in [-0.2, -0.15) is 0 Å². The van der Waals surface area contributed by atoms with Crippen molar-refractivity contribution < 1.29 is 4.74 Å². The molecule has 0 radical (unpaired) electrons. The van der Waals surface area contributed by atoms with Crippen molar-refractivity contribution in [3.63, 3.8) is 0 Å². The van der Waals surface area contributed by atoms with Crippen LogP contribution in [0.25, 0.3) is 10.7 Å². The Morgan fingerprint density at radius 3 is 2.96 bits per heavy atom. The molecular formula is C16H22N6OS. The minimum absolute atomic E-state index is 0.316. The normalized spacial score (nSPS) is 21.8. The first-order chi connectivity index (χ1) is 11.6. The predicted molar refractivity (Wildman–Crippen MR) is 95.2 cm³/mol. The van der Waals surface area contributed by atoms with E-state index in [4.69, 9.17) is 20.4 Å². The quantitative estimate of drug-likeness (QED) is 0.880. The average Bonchev–Trinajstić information content (AvgIpc) is 3.00. The van der Waals surface area contributed by atoms with Crippen LogP contribution in [0.4, 0.5) is 10.9 Å². The SMILES string of the molecule is C[C@H]1COCCN1c1nc(-c2cnc(N)s2)nc2c1CCN(C)C2. The molecular weight excluding hydrogens is 324 g/mol. The Morgan fingerprint density at radius 2 is 2.21 bits per heavy atom. The average molecular weight is 346 g/mol. The van der Waals surface area contributed by atoms with Crippen molar-refractivity contribution in [1.29, 1.82) is 0 Å². The van der Waals surface area contributed by atoms with E-state index < -0.39 is 0 Å². The Balaban J connectivity index is 1.82. The van der Waals surface area contributed by atoms with Gasteiger partial charge in [0.1, 0.15) is 5.82 Å². The third-order valence-electron chi connectivity index (χ3n) is 4.62. The molecule has 0 bridgehead atoms. The molecule has 2 aromatic rings. The standard InChI is InChI=1S/C16H22N6OS/c1-10-9-23-6-5-22(10)15-11-3-4-21(2)8-12(11)19-14(20-15)13-7-18-16(17)24-13/h7,10H,3-6,8-9H2,1-2H3,(H2,17,18)/t10-/m0/s1. The second-order valence-electron chi connectivity index (χ2n) is 6.46. The van der Waals surface area contributed by atoms with Gasteiger partial charge in [-0.25, -0.2) is 15.0 Å². The van der Waals surface area contributed by atoms with E-state index in [1.54, 1.807) is 6.20 Å². The summed E-state index contributed by atoms with van der Waals surface area (Å²) < 4.78 is 5.60. The number of nitrogen functional groups attached to an aromatic ring is 1. The van der Waals surface area contributed by atoms with Crippen molar-refractivity contribution in [3.05, 3.63) is 17.5 Å². The Morgan fingerprint density at radius 1 is 1.33 bits per heavy atom. The summed E-state index contributed by atoms with van der Waals surface area (Å²) in [5, 5.41) is 0.546. The van der Waals surface area contributed by atoms with Gasteiger partial charge in [-0.1, -0.05) is 11.3 Å². The van der Waals surface area contributed by atoms with Gasteiger partial charge < -0.3 is 20.3 Å². The van der Waals surface area contributed by atoms with Crippen LogP contribution in [0.1, 0.15) is 18.2 Å². The molecule has 0 aliphatic carbocycles. The number of nitrogens with zero attached hydrogens (tertiary/aromatic N) is 5. The number of aromatic nitrogens is 3. The highest BCUT2D eigenvalue weighted by Crippen LogP contribution is 2.32. The molecule has 8 heteroatoms. The molecule has 128 valence electrons. The minimum atomic E-state index is 0.316. The van der Waals surface area contributed by atoms with Crippen LogP contribution >= 0.6 is 11.3 Å². The van der Waals surface area contributed by atoms with Crippen molar-refractivity contribution in [1.82, 2.24) is 19.9 Å². The maximum Gasteiger partial charge on any atom is 0.180 e. The fourth-order valence-electron chi connectivity index (χ4n) is 3.32. The van der Waals surface area contributed by atoms with Crippen LogP contribution in [0, 0.1) is 0 Å². The van der Waals surface area contributed by atoms with Crippen LogP contribution < -0.4 is 10.6 Å². The molecule has 1 fully saturated rings. The van der Waals surface area contributed by atoms with E-state index in [2.05, 4.69) is 28.8 Å². The highest BCUT2D eigenvalue weighted by Gasteiger charge is 2.28. The number of fused-ring (bicyclic) bond motifs is 1. The highest BCUT2D eigenvalue weighted by molar-refractivity contribution is 7.18. The molecule has 4 rings (SSSR count). The second-order valence-corrected chi connectivity index (χ2v) is 7.53. The summed E-state index contributed by atoms with van der Waals surface area (Å²) in [4.78, 5) is 19.5. The van der Waals surface area contributed by atoms with Crippen molar-refractivity contribution in [3.8, 4) is 10.7 Å². The van der Waals surface area contributed by atoms with Gasteiger partial charge in [0.15, 0.2) is 11.0 Å². The van der Waals surface area contributed by atoms with E-state index in [9.17, 15) is 0 Å². The molecule has 2 aliphatic heterocycles. The molecule has 7 nitrogen and oxygen atoms in total. The smallest absolute Gasteiger partial charge is 0.180 e. The lowest BCUT2D eigenvalue weighted by Crippen LogP contribution is -2.45. The molecule has 2 aliphatic rings. The lowest BCUT2D eigenvalue weighted by molar-refractivity contribution is 0.0983. The molecule has 1 atom stereocenters. The summed E-state index contributed by atoms with van der Waals surface area (Å²) in [6.07, 6.45) is 2.75. The molecule has 1 saturated heterocycles. The molecule has 2 N–H and O–H groups in total. The van der Waals surface area contributed by atoms with Crippen LogP contribution in [0.2, 0.25) is 0 Å². The van der Waals surface area contributed by atoms with E-state index >= 15 is 0 Å². The van der Waals surface area contributed by atoms with Gasteiger partial charge in [0.2, 0.25) is 0 Å². The summed E-state index contributed by atoms with van der Waals surface area (Å²) in [6.45, 7) is 6.42.